The average molecular weight is 1150 g/mol. The van der Waals surface area contributed by atoms with E-state index in [1.54, 1.807) is 66.5 Å². The van der Waals surface area contributed by atoms with Crippen LogP contribution >= 0.6 is 22.7 Å². The molecular formula is C54H50F4N14O5S3. The van der Waals surface area contributed by atoms with Crippen molar-refractivity contribution in [3.05, 3.63) is 153 Å². The number of halogens is 4. The number of amides is 6. The number of rotatable bonds is 16. The lowest BCUT2D eigenvalue weighted by Crippen LogP contribution is -2.43. The number of carbonyl (C=O) groups excluding carboxylic acids is 4. The molecule has 1 atom stereocenters. The van der Waals surface area contributed by atoms with Crippen molar-refractivity contribution < 1.29 is 40.9 Å². The first-order chi connectivity index (χ1) is 38.5. The molecule has 0 spiro atoms. The van der Waals surface area contributed by atoms with E-state index in [0.29, 0.717) is 55.9 Å². The molecule has 4 aromatic carbocycles. The van der Waals surface area contributed by atoms with Crippen LogP contribution in [0.3, 0.4) is 0 Å². The highest BCUT2D eigenvalue weighted by atomic mass is 32.2. The van der Waals surface area contributed by atoms with Gasteiger partial charge in [-0.05, 0) is 99.6 Å². The summed E-state index contributed by atoms with van der Waals surface area (Å²) in [5.41, 5.74) is 3.67. The summed E-state index contributed by atoms with van der Waals surface area (Å²) in [5, 5.41) is 18.3. The minimum absolute atomic E-state index is 0.0211. The highest BCUT2D eigenvalue weighted by molar-refractivity contribution is 7.84. The number of aromatic nitrogens is 6. The second-order valence-corrected chi connectivity index (χ2v) is 20.9. The Labute approximate surface area is 466 Å². The molecule has 0 saturated carbocycles. The fourth-order valence-electron chi connectivity index (χ4n) is 8.76. The molecule has 6 amide bonds. The number of nitrogens with zero attached hydrogens (tertiary/aromatic N) is 9. The molecule has 2 aliphatic rings. The summed E-state index contributed by atoms with van der Waals surface area (Å²) < 4.78 is 71.9. The Morgan fingerprint density at radius 1 is 0.675 bits per heavy atom. The van der Waals surface area contributed by atoms with Gasteiger partial charge in [-0.3, -0.25) is 24.4 Å². The van der Waals surface area contributed by atoms with Gasteiger partial charge in [0.25, 0.3) is 11.8 Å². The van der Waals surface area contributed by atoms with Gasteiger partial charge in [-0.1, -0.05) is 38.1 Å². The molecule has 1 unspecified atom stereocenters. The van der Waals surface area contributed by atoms with Gasteiger partial charge in [0, 0.05) is 69.3 Å². The van der Waals surface area contributed by atoms with Gasteiger partial charge in [0.05, 0.1) is 35.3 Å². The molecule has 0 bridgehead atoms. The zero-order valence-electron chi connectivity index (χ0n) is 43.5. The number of nitrogens with one attached hydrogen (secondary N) is 5. The van der Waals surface area contributed by atoms with E-state index < -0.39 is 63.4 Å². The summed E-state index contributed by atoms with van der Waals surface area (Å²) in [7, 11) is -1.70. The van der Waals surface area contributed by atoms with E-state index in [1.165, 1.54) is 41.1 Å². The Balaban J connectivity index is 0.000000196. The largest absolute Gasteiger partial charge is 0.354 e. The van der Waals surface area contributed by atoms with Crippen LogP contribution in [0.4, 0.5) is 66.4 Å². The van der Waals surface area contributed by atoms with Gasteiger partial charge in [0.1, 0.15) is 34.6 Å². The Hall–Kier alpha value is -8.59. The van der Waals surface area contributed by atoms with Crippen molar-refractivity contribution in [3.8, 4) is 22.5 Å². The van der Waals surface area contributed by atoms with E-state index in [1.807, 2.05) is 6.92 Å². The van der Waals surface area contributed by atoms with Crippen molar-refractivity contribution in [2.45, 2.75) is 52.4 Å². The van der Waals surface area contributed by atoms with Crippen LogP contribution in [0.25, 0.3) is 22.5 Å². The van der Waals surface area contributed by atoms with Crippen LogP contribution in [0.2, 0.25) is 0 Å². The number of hydrogen-bond acceptors (Lipinski definition) is 15. The smallest absolute Gasteiger partial charge is 0.328 e. The second kappa shape index (κ2) is 24.6. The Morgan fingerprint density at radius 2 is 1.14 bits per heavy atom. The molecule has 0 saturated heterocycles. The van der Waals surface area contributed by atoms with Crippen molar-refractivity contribution in [2.24, 2.45) is 0 Å². The summed E-state index contributed by atoms with van der Waals surface area (Å²) in [6, 6.07) is 15.3. The van der Waals surface area contributed by atoms with E-state index in [-0.39, 0.29) is 47.4 Å². The Kier molecular flexibility index (Phi) is 17.3. The number of urea groups is 2. The number of hydrogen-bond donors (Lipinski definition) is 5. The summed E-state index contributed by atoms with van der Waals surface area (Å²) in [5.74, 6) is -4.36. The van der Waals surface area contributed by atoms with Gasteiger partial charge in [0.15, 0.2) is 21.9 Å². The molecule has 412 valence electrons. The van der Waals surface area contributed by atoms with Crippen LogP contribution in [0.15, 0.2) is 101 Å². The number of carbonyl (C=O) groups is 4. The molecule has 26 heteroatoms. The van der Waals surface area contributed by atoms with Crippen molar-refractivity contribution in [1.82, 2.24) is 45.4 Å². The molecule has 19 nitrogen and oxygen atoms in total. The van der Waals surface area contributed by atoms with Crippen LogP contribution in [0.1, 0.15) is 63.2 Å². The number of para-hydroxylation sites is 2. The van der Waals surface area contributed by atoms with Gasteiger partial charge in [-0.15, -0.1) is 22.7 Å². The second-order valence-electron chi connectivity index (χ2n) is 17.9. The van der Waals surface area contributed by atoms with Crippen molar-refractivity contribution in [1.29, 1.82) is 0 Å². The van der Waals surface area contributed by atoms with Gasteiger partial charge in [-0.25, -0.2) is 61.9 Å². The third-order valence-corrected chi connectivity index (χ3v) is 14.9. The standard InChI is InChI=1S/C30H32F2N8O2S.C24H18F2N6O3S2/c1-4-39(5-2)14-7-12-33-28-36-24(20-16-19(11-10-18(20)3)27(41)38-29-34-13-15-43-29)21-17-35-30(42)40(26(21)37-28)25-22(31)8-6-9-23(25)32;1-12-6-7-13(21(33)31-22-27-8-9-36-22)10-14(12)18-15-11-28-24(34)32(19-16(25)4-3-5-17(19)26)20(15)30-23(29-18)37(2)35/h6,8-11,13,15-16H,4-5,7,12,14,17H2,1-3H3,(H,35,42)(H,33,36,37)(H,34,38,41);3-10H,11H2,1-2H3,(H,28,34)(H,27,31,33). The predicted molar refractivity (Wildman–Crippen MR) is 299 cm³/mol. The molecule has 0 fully saturated rings. The molecule has 2 aliphatic heterocycles. The SMILES string of the molecule is CCN(CC)CCCNc1nc(-c2cc(C(=O)Nc3nccs3)ccc2C)c2c(n1)N(c1c(F)cccc1F)C(=O)NC2.Cc1ccc(C(=O)Nc2nccs2)cc1-c1nc(S(C)=O)nc2c1CNC(=O)N2c1c(F)cccc1F. The molecule has 4 aromatic heterocycles. The van der Waals surface area contributed by atoms with Gasteiger partial charge in [-0.2, -0.15) is 4.98 Å². The van der Waals surface area contributed by atoms with Crippen LogP contribution in [-0.4, -0.2) is 95.3 Å². The maximum atomic E-state index is 15.0. The first-order valence-electron chi connectivity index (χ1n) is 24.8. The number of fused-ring (bicyclic) bond motifs is 2. The summed E-state index contributed by atoms with van der Waals surface area (Å²) in [6.45, 7) is 11.1. The first kappa shape index (κ1) is 56.1. The highest BCUT2D eigenvalue weighted by Gasteiger charge is 2.36. The predicted octanol–water partition coefficient (Wildman–Crippen LogP) is 10.5. The van der Waals surface area contributed by atoms with E-state index >= 15 is 8.78 Å². The molecule has 0 radical (unpaired) electrons. The maximum absolute atomic E-state index is 15.0. The number of aryl methyl sites for hydroxylation is 2. The third kappa shape index (κ3) is 12.0. The number of benzene rings is 4. The minimum atomic E-state index is -1.70. The summed E-state index contributed by atoms with van der Waals surface area (Å²) in [6.07, 6.45) is 5.32. The quantitative estimate of drug-likeness (QED) is 0.0345. The summed E-state index contributed by atoms with van der Waals surface area (Å²) >= 11 is 2.57. The zero-order valence-corrected chi connectivity index (χ0v) is 45.9. The molecule has 80 heavy (non-hydrogen) atoms. The first-order valence-corrected chi connectivity index (χ1v) is 28.2. The number of thiazole rings is 2. The number of anilines is 7. The molecule has 10 rings (SSSR count). The van der Waals surface area contributed by atoms with Crippen LogP contribution in [0.5, 0.6) is 0 Å². The molecule has 6 heterocycles. The van der Waals surface area contributed by atoms with Crippen LogP contribution in [0, 0.1) is 37.1 Å². The zero-order chi connectivity index (χ0) is 56.8. The van der Waals surface area contributed by atoms with Gasteiger partial charge >= 0.3 is 12.1 Å². The minimum Gasteiger partial charge on any atom is -0.354 e. The van der Waals surface area contributed by atoms with E-state index in [0.717, 1.165) is 71.2 Å². The van der Waals surface area contributed by atoms with Gasteiger partial charge < -0.3 is 20.9 Å². The topological polar surface area (TPSA) is 233 Å². The average Bonchev–Trinajstić information content (AvgIpc) is 4.30. The lowest BCUT2D eigenvalue weighted by atomic mass is 9.97. The van der Waals surface area contributed by atoms with Crippen LogP contribution in [-0.2, 0) is 23.9 Å². The summed E-state index contributed by atoms with van der Waals surface area (Å²) in [4.78, 5) is 82.1. The molecule has 5 N–H and O–H groups in total. The fraction of sp³-hybridized carbons (Fsp3) is 0.222. The van der Waals surface area contributed by atoms with E-state index in [2.05, 4.69) is 70.3 Å². The van der Waals surface area contributed by atoms with Crippen molar-refractivity contribution >= 4 is 96.6 Å². The highest BCUT2D eigenvalue weighted by Crippen LogP contribution is 2.41. The Bertz CT molecular complexity index is 3640. The maximum Gasteiger partial charge on any atom is 0.328 e. The van der Waals surface area contributed by atoms with Crippen molar-refractivity contribution in [2.75, 3.05) is 58.2 Å². The lowest BCUT2D eigenvalue weighted by Gasteiger charge is -2.31. The van der Waals surface area contributed by atoms with Gasteiger partial charge in [0.2, 0.25) is 11.1 Å². The molecule has 0 aliphatic carbocycles. The van der Waals surface area contributed by atoms with Crippen LogP contribution < -0.4 is 36.4 Å². The monoisotopic (exact) mass is 1150 g/mol. The van der Waals surface area contributed by atoms with E-state index in [4.69, 9.17) is 4.98 Å². The molecule has 8 aromatic rings. The third-order valence-electron chi connectivity index (χ3n) is 12.8. The normalized spacial score (nSPS) is 13.1. The molecular weight excluding hydrogens is 1100 g/mol. The lowest BCUT2D eigenvalue weighted by molar-refractivity contribution is 0.101. The Morgan fingerprint density at radius 3 is 1.57 bits per heavy atom. The fourth-order valence-corrected chi connectivity index (χ4v) is 10.2. The van der Waals surface area contributed by atoms with E-state index in [9.17, 15) is 32.2 Å². The van der Waals surface area contributed by atoms with Crippen molar-refractivity contribution in [3.63, 3.8) is 0 Å².